The van der Waals surface area contributed by atoms with Gasteiger partial charge in [-0.15, -0.1) is 0 Å². The van der Waals surface area contributed by atoms with Crippen LogP contribution in [0.25, 0.3) is 0 Å². The first kappa shape index (κ1) is 18.3. The number of hydrogen-bond donors (Lipinski definition) is 1. The molecule has 2 aromatic carbocycles. The van der Waals surface area contributed by atoms with Gasteiger partial charge in [-0.25, -0.2) is 0 Å². The SMILES string of the molecule is CN(C)C(=O)c1ccc(Cl)c(NC(=O)COc2ccc(Br)cc2)c1. The molecular formula is C17H16BrClN2O3. The minimum atomic E-state index is -0.366. The van der Waals surface area contributed by atoms with Crippen LogP contribution in [0.1, 0.15) is 10.4 Å². The van der Waals surface area contributed by atoms with Gasteiger partial charge < -0.3 is 15.0 Å². The number of anilines is 1. The molecule has 0 aliphatic heterocycles. The van der Waals surface area contributed by atoms with Crippen LogP contribution in [0.4, 0.5) is 5.69 Å². The Morgan fingerprint density at radius 1 is 1.17 bits per heavy atom. The third kappa shape index (κ3) is 4.97. The summed E-state index contributed by atoms with van der Waals surface area (Å²) < 4.78 is 6.32. The number of hydrogen-bond acceptors (Lipinski definition) is 3. The molecular weight excluding hydrogens is 396 g/mol. The summed E-state index contributed by atoms with van der Waals surface area (Å²) in [6.45, 7) is -0.163. The van der Waals surface area contributed by atoms with Crippen LogP contribution in [0, 0.1) is 0 Å². The lowest BCUT2D eigenvalue weighted by Crippen LogP contribution is -2.23. The molecule has 0 unspecified atom stereocenters. The smallest absolute Gasteiger partial charge is 0.262 e. The van der Waals surface area contributed by atoms with Gasteiger partial charge in [0.1, 0.15) is 5.75 Å². The first-order valence-electron chi connectivity index (χ1n) is 7.06. The number of amides is 2. The van der Waals surface area contributed by atoms with Crippen molar-refractivity contribution in [1.29, 1.82) is 0 Å². The van der Waals surface area contributed by atoms with Gasteiger partial charge in [-0.1, -0.05) is 27.5 Å². The number of benzene rings is 2. The van der Waals surface area contributed by atoms with Gasteiger partial charge in [-0.3, -0.25) is 9.59 Å². The molecule has 0 aliphatic carbocycles. The van der Waals surface area contributed by atoms with Crippen molar-refractivity contribution < 1.29 is 14.3 Å². The van der Waals surface area contributed by atoms with E-state index in [0.29, 0.717) is 22.0 Å². The van der Waals surface area contributed by atoms with E-state index in [1.54, 1.807) is 44.4 Å². The largest absolute Gasteiger partial charge is 0.484 e. The number of carbonyl (C=O) groups excluding carboxylic acids is 2. The highest BCUT2D eigenvalue weighted by Crippen LogP contribution is 2.23. The summed E-state index contributed by atoms with van der Waals surface area (Å²) in [5.74, 6) is 0.0403. The van der Waals surface area contributed by atoms with Crippen LogP contribution in [0.15, 0.2) is 46.9 Å². The van der Waals surface area contributed by atoms with Crippen LogP contribution in [0.2, 0.25) is 5.02 Å². The van der Waals surface area contributed by atoms with Gasteiger partial charge in [0.2, 0.25) is 0 Å². The molecule has 24 heavy (non-hydrogen) atoms. The quantitative estimate of drug-likeness (QED) is 0.813. The van der Waals surface area contributed by atoms with E-state index in [2.05, 4.69) is 21.2 Å². The summed E-state index contributed by atoms with van der Waals surface area (Å²) >= 11 is 9.40. The molecule has 0 radical (unpaired) electrons. The maximum atomic E-state index is 12.0. The minimum Gasteiger partial charge on any atom is -0.484 e. The molecule has 5 nitrogen and oxygen atoms in total. The number of carbonyl (C=O) groups is 2. The van der Waals surface area contributed by atoms with E-state index >= 15 is 0 Å². The lowest BCUT2D eigenvalue weighted by atomic mass is 10.2. The topological polar surface area (TPSA) is 58.6 Å². The normalized spacial score (nSPS) is 10.2. The van der Waals surface area contributed by atoms with Crippen LogP contribution in [0.3, 0.4) is 0 Å². The van der Waals surface area contributed by atoms with Crippen molar-refractivity contribution in [2.75, 3.05) is 26.0 Å². The highest BCUT2D eigenvalue weighted by Gasteiger charge is 2.12. The Kier molecular flexibility index (Phi) is 6.23. The monoisotopic (exact) mass is 410 g/mol. The molecule has 0 spiro atoms. The molecule has 0 atom stereocenters. The Hall–Kier alpha value is -2.05. The van der Waals surface area contributed by atoms with Crippen LogP contribution < -0.4 is 10.1 Å². The van der Waals surface area contributed by atoms with Gasteiger partial charge in [0.05, 0.1) is 10.7 Å². The van der Waals surface area contributed by atoms with Crippen LogP contribution >= 0.6 is 27.5 Å². The predicted octanol–water partition coefficient (Wildman–Crippen LogP) is 3.82. The zero-order valence-electron chi connectivity index (χ0n) is 13.2. The van der Waals surface area contributed by atoms with Crippen molar-refractivity contribution in [1.82, 2.24) is 4.90 Å². The van der Waals surface area contributed by atoms with Gasteiger partial charge >= 0.3 is 0 Å². The van der Waals surface area contributed by atoms with E-state index in [0.717, 1.165) is 4.47 Å². The molecule has 2 rings (SSSR count). The molecule has 2 amide bonds. The first-order chi connectivity index (χ1) is 11.4. The average Bonchev–Trinajstić information content (AvgIpc) is 2.55. The highest BCUT2D eigenvalue weighted by atomic mass is 79.9. The fourth-order valence-electron chi connectivity index (χ4n) is 1.88. The second-order valence-electron chi connectivity index (χ2n) is 5.18. The van der Waals surface area contributed by atoms with E-state index in [1.807, 2.05) is 12.1 Å². The number of ether oxygens (including phenoxy) is 1. The molecule has 0 heterocycles. The van der Waals surface area contributed by atoms with Crippen molar-refractivity contribution in [2.24, 2.45) is 0 Å². The van der Waals surface area contributed by atoms with E-state index < -0.39 is 0 Å². The first-order valence-corrected chi connectivity index (χ1v) is 8.23. The molecule has 0 saturated heterocycles. The van der Waals surface area contributed by atoms with E-state index in [4.69, 9.17) is 16.3 Å². The molecule has 1 N–H and O–H groups in total. The molecule has 0 bridgehead atoms. The van der Waals surface area contributed by atoms with Crippen molar-refractivity contribution >= 4 is 45.0 Å². The van der Waals surface area contributed by atoms with Crippen LogP contribution in [0.5, 0.6) is 5.75 Å². The van der Waals surface area contributed by atoms with E-state index in [-0.39, 0.29) is 18.4 Å². The zero-order valence-corrected chi connectivity index (χ0v) is 15.5. The van der Waals surface area contributed by atoms with Gasteiger partial charge in [-0.05, 0) is 42.5 Å². The summed E-state index contributed by atoms with van der Waals surface area (Å²) in [4.78, 5) is 25.4. The Bertz CT molecular complexity index is 748. The van der Waals surface area contributed by atoms with Crippen LogP contribution in [-0.4, -0.2) is 37.4 Å². The van der Waals surface area contributed by atoms with Gasteiger partial charge in [0.15, 0.2) is 6.61 Å². The van der Waals surface area contributed by atoms with Crippen LogP contribution in [-0.2, 0) is 4.79 Å². The Balaban J connectivity index is 2.01. The molecule has 126 valence electrons. The van der Waals surface area contributed by atoms with Gasteiger partial charge in [-0.2, -0.15) is 0 Å². The van der Waals surface area contributed by atoms with Crippen molar-refractivity contribution in [3.8, 4) is 5.75 Å². The number of nitrogens with zero attached hydrogens (tertiary/aromatic N) is 1. The standard InChI is InChI=1S/C17H16BrClN2O3/c1-21(2)17(23)11-3-8-14(19)15(9-11)20-16(22)10-24-13-6-4-12(18)5-7-13/h3-9H,10H2,1-2H3,(H,20,22). The minimum absolute atomic E-state index is 0.163. The predicted molar refractivity (Wildman–Crippen MR) is 97.7 cm³/mol. The molecule has 0 aromatic heterocycles. The Morgan fingerprint density at radius 3 is 2.46 bits per heavy atom. The second kappa shape index (κ2) is 8.17. The maximum Gasteiger partial charge on any atom is 0.262 e. The molecule has 2 aromatic rings. The van der Waals surface area contributed by atoms with Gasteiger partial charge in [0.25, 0.3) is 11.8 Å². The summed E-state index contributed by atoms with van der Waals surface area (Å²) in [7, 11) is 3.31. The summed E-state index contributed by atoms with van der Waals surface area (Å²) in [6.07, 6.45) is 0. The van der Waals surface area contributed by atoms with E-state index in [1.165, 1.54) is 4.90 Å². The molecule has 0 aliphatic rings. The summed E-state index contributed by atoms with van der Waals surface area (Å²) in [6, 6.07) is 11.9. The van der Waals surface area contributed by atoms with E-state index in [9.17, 15) is 9.59 Å². The van der Waals surface area contributed by atoms with Crippen molar-refractivity contribution in [3.63, 3.8) is 0 Å². The fourth-order valence-corrected chi connectivity index (χ4v) is 2.31. The fraction of sp³-hybridized carbons (Fsp3) is 0.176. The maximum absolute atomic E-state index is 12.0. The zero-order chi connectivity index (χ0) is 17.7. The summed E-state index contributed by atoms with van der Waals surface area (Å²) in [5, 5.41) is 3.00. The van der Waals surface area contributed by atoms with Crippen molar-refractivity contribution in [2.45, 2.75) is 0 Å². The Labute approximate surface area is 153 Å². The van der Waals surface area contributed by atoms with Gasteiger partial charge in [0, 0.05) is 24.1 Å². The Morgan fingerprint density at radius 2 is 1.83 bits per heavy atom. The number of halogens is 2. The molecule has 0 fully saturated rings. The third-order valence-electron chi connectivity index (χ3n) is 3.08. The molecule has 7 heteroatoms. The molecule has 0 saturated carbocycles. The summed E-state index contributed by atoms with van der Waals surface area (Å²) in [5.41, 5.74) is 0.808. The highest BCUT2D eigenvalue weighted by molar-refractivity contribution is 9.10. The second-order valence-corrected chi connectivity index (χ2v) is 6.51. The average molecular weight is 412 g/mol. The van der Waals surface area contributed by atoms with Crippen molar-refractivity contribution in [3.05, 3.63) is 57.5 Å². The number of nitrogens with one attached hydrogen (secondary N) is 1. The third-order valence-corrected chi connectivity index (χ3v) is 3.94. The lowest BCUT2D eigenvalue weighted by Gasteiger charge is -2.13. The lowest BCUT2D eigenvalue weighted by molar-refractivity contribution is -0.118. The number of rotatable bonds is 5.